The molecule has 0 radical (unpaired) electrons. The van der Waals surface area contributed by atoms with Crippen molar-refractivity contribution in [2.75, 3.05) is 24.3 Å². The first-order valence-corrected chi connectivity index (χ1v) is 21.5. The van der Waals surface area contributed by atoms with Crippen molar-refractivity contribution in [1.29, 1.82) is 0 Å². The van der Waals surface area contributed by atoms with Crippen molar-refractivity contribution >= 4 is 90.0 Å². The molecule has 2 aliphatic rings. The molecule has 2 aliphatic heterocycles. The summed E-state index contributed by atoms with van der Waals surface area (Å²) in [6.45, 7) is 4.03. The Hall–Kier alpha value is -8.96. The third-order valence-electron chi connectivity index (χ3n) is 12.8. The molecule has 67 heavy (non-hydrogen) atoms. The summed E-state index contributed by atoms with van der Waals surface area (Å²) in [6.07, 6.45) is 0. The summed E-state index contributed by atoms with van der Waals surface area (Å²) in [5, 5.41) is 9.42. The second kappa shape index (κ2) is 15.3. The van der Waals surface area contributed by atoms with Crippen LogP contribution in [0.2, 0.25) is 0 Å². The largest absolute Gasteiger partial charge is 0.423 e. The molecule has 0 spiro atoms. The molecule has 0 fully saturated rings. The molecular weight excluding hydrogens is 843 g/mol. The lowest BCUT2D eigenvalue weighted by molar-refractivity contribution is 0.0688. The van der Waals surface area contributed by atoms with Crippen LogP contribution in [0.25, 0.3) is 54.2 Å². The summed E-state index contributed by atoms with van der Waals surface area (Å²) >= 11 is 0. The smallest absolute Gasteiger partial charge is 0.343 e. The summed E-state index contributed by atoms with van der Waals surface area (Å²) in [6, 6.07) is 42.8. The number of rotatable bonds is 7. The first kappa shape index (κ1) is 40.8. The first-order chi connectivity index (χ1) is 32.3. The van der Waals surface area contributed by atoms with Crippen molar-refractivity contribution in [3.63, 3.8) is 0 Å². The van der Waals surface area contributed by atoms with Crippen molar-refractivity contribution in [2.24, 2.45) is 0 Å². The van der Waals surface area contributed by atoms with Gasteiger partial charge < -0.3 is 14.8 Å². The van der Waals surface area contributed by atoms with Crippen LogP contribution in [0.15, 0.2) is 146 Å². The van der Waals surface area contributed by atoms with Crippen molar-refractivity contribution in [2.45, 2.75) is 13.8 Å². The minimum absolute atomic E-state index is 0.241. The maximum absolute atomic E-state index is 13.9. The average Bonchev–Trinajstić information content (AvgIpc) is 3.69. The number of esters is 2. The zero-order chi connectivity index (χ0) is 46.4. The van der Waals surface area contributed by atoms with E-state index in [1.165, 1.54) is 36.2 Å². The Morgan fingerprint density at radius 3 is 1.25 bits per heavy atom. The van der Waals surface area contributed by atoms with Gasteiger partial charge in [0.05, 0.1) is 39.1 Å². The van der Waals surface area contributed by atoms with E-state index >= 15 is 0 Å². The van der Waals surface area contributed by atoms with Crippen molar-refractivity contribution in [3.05, 3.63) is 190 Å². The van der Waals surface area contributed by atoms with Gasteiger partial charge >= 0.3 is 11.9 Å². The zero-order valence-electron chi connectivity index (χ0n) is 36.5. The van der Waals surface area contributed by atoms with Gasteiger partial charge in [-0.15, -0.1) is 0 Å². The molecule has 324 valence electrons. The Kier molecular flexibility index (Phi) is 9.34. The maximum atomic E-state index is 13.9. The van der Waals surface area contributed by atoms with Crippen LogP contribution >= 0.6 is 0 Å². The number of imide groups is 2. The number of anilines is 2. The van der Waals surface area contributed by atoms with E-state index < -0.39 is 17.8 Å². The topological polar surface area (TPSA) is 139 Å². The summed E-state index contributed by atoms with van der Waals surface area (Å²) in [5.41, 5.74) is 7.62. The molecule has 0 atom stereocenters. The number of ether oxygens (including phenoxy) is 2. The molecule has 2 heterocycles. The fourth-order valence-corrected chi connectivity index (χ4v) is 9.20. The van der Waals surface area contributed by atoms with E-state index in [9.17, 15) is 28.8 Å². The van der Waals surface area contributed by atoms with Gasteiger partial charge in [-0.1, -0.05) is 24.3 Å². The van der Waals surface area contributed by atoms with Crippen LogP contribution in [-0.4, -0.2) is 54.6 Å². The fourth-order valence-electron chi connectivity index (χ4n) is 9.20. The highest BCUT2D eigenvalue weighted by Crippen LogP contribution is 2.37. The lowest BCUT2D eigenvalue weighted by Crippen LogP contribution is -2.29. The second-order valence-electron chi connectivity index (χ2n) is 17.0. The summed E-state index contributed by atoms with van der Waals surface area (Å²) in [5.74, 6) is -2.17. The van der Waals surface area contributed by atoms with Gasteiger partial charge in [-0.2, -0.15) is 0 Å². The number of hydrogen-bond acceptors (Lipinski definition) is 9. The van der Waals surface area contributed by atoms with E-state index in [2.05, 4.69) is 24.4 Å². The average molecular weight is 880 g/mol. The van der Waals surface area contributed by atoms with Gasteiger partial charge in [-0.3, -0.25) is 24.1 Å². The Morgan fingerprint density at radius 2 is 0.821 bits per heavy atom. The molecule has 11 nitrogen and oxygen atoms in total. The number of nitrogens with zero attached hydrogens (tertiary/aromatic N) is 2. The molecule has 0 aromatic heterocycles. The van der Waals surface area contributed by atoms with Crippen LogP contribution in [0.1, 0.15) is 73.3 Å². The quantitative estimate of drug-likeness (QED) is 0.0717. The number of fused-ring (bicyclic) bond motifs is 6. The molecule has 9 aromatic carbocycles. The predicted octanol–water partition coefficient (Wildman–Crippen LogP) is 11.1. The minimum atomic E-state index is -0.597. The Balaban J connectivity index is 0.778. The second-order valence-corrected chi connectivity index (χ2v) is 17.0. The number of hydrogen-bond donors (Lipinski definition) is 1. The van der Waals surface area contributed by atoms with Crippen LogP contribution in [0.4, 0.5) is 11.4 Å². The molecule has 0 saturated carbocycles. The Labute approximate surface area is 382 Å². The minimum Gasteiger partial charge on any atom is -0.423 e. The highest BCUT2D eigenvalue weighted by atomic mass is 16.5. The SMILES string of the molecule is CNc1ccc(-c2ccc(N3C(=O)c4cc5cc6ccc(C(=O)Oc7ccc(OC(=O)c8ccc9cc%10cc%11c(cc%10cc9c8)C(=O)N(C)C%11=O)cc7)cc6cc5cc4C3=O)cc2C)c(C)c1. The number of amides is 4. The fraction of sp³-hybridized carbons (Fsp3) is 0.0714. The summed E-state index contributed by atoms with van der Waals surface area (Å²) in [4.78, 5) is 81.8. The summed E-state index contributed by atoms with van der Waals surface area (Å²) < 4.78 is 11.3. The van der Waals surface area contributed by atoms with Gasteiger partial charge in [0.15, 0.2) is 0 Å². The molecule has 0 bridgehead atoms. The maximum Gasteiger partial charge on any atom is 0.343 e. The zero-order valence-corrected chi connectivity index (χ0v) is 36.5. The van der Waals surface area contributed by atoms with Crippen molar-refractivity contribution in [1.82, 2.24) is 4.90 Å². The molecule has 1 N–H and O–H groups in total. The van der Waals surface area contributed by atoms with E-state index in [0.29, 0.717) is 39.1 Å². The van der Waals surface area contributed by atoms with Crippen LogP contribution < -0.4 is 19.7 Å². The third-order valence-corrected chi connectivity index (χ3v) is 12.8. The van der Waals surface area contributed by atoms with Crippen molar-refractivity contribution < 1.29 is 38.2 Å². The number of carbonyl (C=O) groups excluding carboxylic acids is 6. The number of nitrogens with one attached hydrogen (secondary N) is 1. The highest BCUT2D eigenvalue weighted by molar-refractivity contribution is 6.35. The van der Waals surface area contributed by atoms with Gasteiger partial charge in [0.1, 0.15) is 11.5 Å². The van der Waals surface area contributed by atoms with Gasteiger partial charge in [-0.25, -0.2) is 14.5 Å². The third kappa shape index (κ3) is 6.83. The van der Waals surface area contributed by atoms with E-state index in [1.807, 2.05) is 68.6 Å². The van der Waals surface area contributed by atoms with Gasteiger partial charge in [0.25, 0.3) is 23.6 Å². The lowest BCUT2D eigenvalue weighted by atomic mass is 9.95. The van der Waals surface area contributed by atoms with Crippen LogP contribution in [0, 0.1) is 13.8 Å². The van der Waals surface area contributed by atoms with Gasteiger partial charge in [-0.05, 0) is 201 Å². The molecule has 9 aromatic rings. The highest BCUT2D eigenvalue weighted by Gasteiger charge is 2.37. The molecule has 11 heteroatoms. The normalized spacial score (nSPS) is 13.3. The molecule has 4 amide bonds. The molecule has 0 aliphatic carbocycles. The van der Waals surface area contributed by atoms with E-state index in [-0.39, 0.29) is 29.2 Å². The molecule has 0 saturated heterocycles. The van der Waals surface area contributed by atoms with Gasteiger partial charge in [0, 0.05) is 19.8 Å². The van der Waals surface area contributed by atoms with Crippen LogP contribution in [0.5, 0.6) is 11.5 Å². The standard InChI is InChI=1S/C56H37N3O8/c1-29-17-41(57-3)9-15-45(29)46-16-10-42(18-30(46)2)59-53(62)49-27-38-20-32-6-8-34(22-36(32)24-40(38)28-50(49)54(59)63)56(65)67-44-13-11-43(12-14-44)66-55(64)33-7-5-31-19-37-25-47-48(52(61)58(4)51(47)60)26-39(37)23-35(31)21-33/h5-28,57H,1-4H3. The van der Waals surface area contributed by atoms with Crippen LogP contribution in [-0.2, 0) is 0 Å². The summed E-state index contributed by atoms with van der Waals surface area (Å²) in [7, 11) is 3.34. The first-order valence-electron chi connectivity index (χ1n) is 21.5. The molecule has 0 unspecified atom stereocenters. The molecular formula is C56H37N3O8. The van der Waals surface area contributed by atoms with Crippen molar-refractivity contribution in [3.8, 4) is 22.6 Å². The number of aryl methyl sites for hydroxylation is 2. The predicted molar refractivity (Wildman–Crippen MR) is 258 cm³/mol. The lowest BCUT2D eigenvalue weighted by Gasteiger charge is -2.17. The molecule has 11 rings (SSSR count). The Morgan fingerprint density at radius 1 is 0.418 bits per heavy atom. The van der Waals surface area contributed by atoms with E-state index in [4.69, 9.17) is 9.47 Å². The van der Waals surface area contributed by atoms with E-state index in [1.54, 1.807) is 54.6 Å². The van der Waals surface area contributed by atoms with E-state index in [0.717, 1.165) is 75.9 Å². The van der Waals surface area contributed by atoms with Gasteiger partial charge in [0.2, 0.25) is 0 Å². The monoisotopic (exact) mass is 879 g/mol. The number of benzene rings is 9. The van der Waals surface area contributed by atoms with Crippen LogP contribution in [0.3, 0.4) is 0 Å². The number of carbonyl (C=O) groups is 6. The Bertz CT molecular complexity index is 3740.